The lowest BCUT2D eigenvalue weighted by atomic mass is 10.0. The van der Waals surface area contributed by atoms with Crippen LogP contribution in [0.25, 0.3) is 22.9 Å². The summed E-state index contributed by atoms with van der Waals surface area (Å²) in [7, 11) is 0. The lowest BCUT2D eigenvalue weighted by Gasteiger charge is -2.15. The molecule has 33 heavy (non-hydrogen) atoms. The van der Waals surface area contributed by atoms with Crippen molar-refractivity contribution in [2.75, 3.05) is 0 Å². The van der Waals surface area contributed by atoms with E-state index in [2.05, 4.69) is 42.2 Å². The maximum absolute atomic E-state index is 6.18. The van der Waals surface area contributed by atoms with Gasteiger partial charge >= 0.3 is 0 Å². The third-order valence-corrected chi connectivity index (χ3v) is 5.41. The Bertz CT molecular complexity index is 1230. The van der Waals surface area contributed by atoms with E-state index in [1.165, 1.54) is 0 Å². The highest BCUT2D eigenvalue weighted by molar-refractivity contribution is 5.63. The van der Waals surface area contributed by atoms with E-state index in [9.17, 15) is 0 Å². The van der Waals surface area contributed by atoms with Gasteiger partial charge in [0.25, 0.3) is 0 Å². The van der Waals surface area contributed by atoms with Gasteiger partial charge in [0, 0.05) is 11.1 Å². The van der Waals surface area contributed by atoms with Crippen LogP contribution in [0.5, 0.6) is 11.5 Å². The van der Waals surface area contributed by atoms with Gasteiger partial charge in [0.15, 0.2) is 0 Å². The fourth-order valence-corrected chi connectivity index (χ4v) is 3.79. The Hall–Kier alpha value is -3.60. The molecule has 0 saturated heterocycles. The second-order valence-corrected chi connectivity index (χ2v) is 8.47. The Balaban J connectivity index is 1.57. The molecule has 3 aromatic carbocycles. The summed E-state index contributed by atoms with van der Waals surface area (Å²) in [6, 6.07) is 20.2. The lowest BCUT2D eigenvalue weighted by molar-refractivity contribution is 0.241. The molecular formula is C28H30N2O3. The van der Waals surface area contributed by atoms with Crippen molar-refractivity contribution in [3.05, 3.63) is 82.9 Å². The molecule has 4 rings (SSSR count). The van der Waals surface area contributed by atoms with Crippen LogP contribution in [0, 0.1) is 13.8 Å². The van der Waals surface area contributed by atoms with Crippen molar-refractivity contribution in [1.29, 1.82) is 0 Å². The molecule has 0 atom stereocenters. The predicted molar refractivity (Wildman–Crippen MR) is 131 cm³/mol. The highest BCUT2D eigenvalue weighted by Gasteiger charge is 2.16. The molecule has 0 aliphatic rings. The number of aromatic nitrogens is 2. The van der Waals surface area contributed by atoms with E-state index in [0.717, 1.165) is 51.3 Å². The molecule has 5 nitrogen and oxygen atoms in total. The first-order valence-corrected chi connectivity index (χ1v) is 11.4. The van der Waals surface area contributed by atoms with Crippen LogP contribution in [0.4, 0.5) is 0 Å². The maximum Gasteiger partial charge on any atom is 0.248 e. The molecule has 1 heterocycles. The zero-order valence-corrected chi connectivity index (χ0v) is 19.9. The van der Waals surface area contributed by atoms with Crippen LogP contribution in [0.2, 0.25) is 0 Å². The van der Waals surface area contributed by atoms with Gasteiger partial charge in [0.2, 0.25) is 11.8 Å². The average molecular weight is 443 g/mol. The molecule has 0 aliphatic heterocycles. The van der Waals surface area contributed by atoms with Gasteiger partial charge in [-0.2, -0.15) is 0 Å². The molecule has 5 heteroatoms. The largest absolute Gasteiger partial charge is 0.491 e. The topological polar surface area (TPSA) is 57.4 Å². The van der Waals surface area contributed by atoms with Gasteiger partial charge in [0.05, 0.1) is 6.10 Å². The number of hydrogen-bond acceptors (Lipinski definition) is 5. The first-order chi connectivity index (χ1) is 15.9. The van der Waals surface area contributed by atoms with Crippen molar-refractivity contribution in [1.82, 2.24) is 10.2 Å². The van der Waals surface area contributed by atoms with Crippen LogP contribution in [0.3, 0.4) is 0 Å². The van der Waals surface area contributed by atoms with Gasteiger partial charge in [0.1, 0.15) is 18.1 Å². The fraction of sp³-hybridized carbons (Fsp3) is 0.286. The van der Waals surface area contributed by atoms with Crippen LogP contribution >= 0.6 is 0 Å². The van der Waals surface area contributed by atoms with Gasteiger partial charge < -0.3 is 13.9 Å². The third kappa shape index (κ3) is 5.25. The quantitative estimate of drug-likeness (QED) is 0.295. The standard InChI is InChI=1S/C28H30N2O3/c1-6-22-16-24(15-20(5)26(22)31-17-21-10-8-7-9-11-21)28-30-29-27(33-28)23-12-13-25(19(4)14-23)32-18(2)3/h7-16,18H,6,17H2,1-5H3. The molecule has 0 aliphatic carbocycles. The number of rotatable bonds is 8. The van der Waals surface area contributed by atoms with E-state index in [-0.39, 0.29) is 6.10 Å². The van der Waals surface area contributed by atoms with Crippen molar-refractivity contribution in [3.63, 3.8) is 0 Å². The Morgan fingerprint density at radius 1 is 0.848 bits per heavy atom. The van der Waals surface area contributed by atoms with Crippen LogP contribution in [-0.2, 0) is 13.0 Å². The van der Waals surface area contributed by atoms with E-state index < -0.39 is 0 Å². The Labute approximate surface area is 195 Å². The molecule has 0 bridgehead atoms. The molecule has 1 aromatic heterocycles. The minimum absolute atomic E-state index is 0.125. The normalized spacial score (nSPS) is 11.1. The molecule has 0 unspecified atom stereocenters. The first kappa shape index (κ1) is 22.6. The first-order valence-electron chi connectivity index (χ1n) is 11.4. The van der Waals surface area contributed by atoms with Crippen molar-refractivity contribution >= 4 is 0 Å². The molecule has 0 amide bonds. The maximum atomic E-state index is 6.18. The minimum atomic E-state index is 0.125. The van der Waals surface area contributed by atoms with Crippen LogP contribution in [0.1, 0.15) is 43.0 Å². The Morgan fingerprint density at radius 3 is 2.21 bits per heavy atom. The lowest BCUT2D eigenvalue weighted by Crippen LogP contribution is -2.06. The monoisotopic (exact) mass is 442 g/mol. The molecule has 4 aromatic rings. The Morgan fingerprint density at radius 2 is 1.55 bits per heavy atom. The highest BCUT2D eigenvalue weighted by Crippen LogP contribution is 2.33. The zero-order valence-electron chi connectivity index (χ0n) is 19.9. The zero-order chi connectivity index (χ0) is 23.4. The van der Waals surface area contributed by atoms with Gasteiger partial charge in [-0.3, -0.25) is 0 Å². The summed E-state index contributed by atoms with van der Waals surface area (Å²) in [5.41, 5.74) is 6.11. The minimum Gasteiger partial charge on any atom is -0.491 e. The van der Waals surface area contributed by atoms with E-state index in [4.69, 9.17) is 13.9 Å². The number of benzene rings is 3. The van der Waals surface area contributed by atoms with Gasteiger partial charge in [-0.1, -0.05) is 37.3 Å². The average Bonchev–Trinajstić information content (AvgIpc) is 3.30. The van der Waals surface area contributed by atoms with Crippen LogP contribution in [-0.4, -0.2) is 16.3 Å². The summed E-state index contributed by atoms with van der Waals surface area (Å²) >= 11 is 0. The second-order valence-electron chi connectivity index (χ2n) is 8.47. The van der Waals surface area contributed by atoms with Gasteiger partial charge in [-0.05, 0) is 86.7 Å². The molecule has 0 saturated carbocycles. The fourth-order valence-electron chi connectivity index (χ4n) is 3.79. The number of nitrogens with zero attached hydrogens (tertiary/aromatic N) is 2. The summed E-state index contributed by atoms with van der Waals surface area (Å²) in [6.07, 6.45) is 0.969. The van der Waals surface area contributed by atoms with Crippen molar-refractivity contribution in [3.8, 4) is 34.4 Å². The summed E-state index contributed by atoms with van der Waals surface area (Å²) in [5, 5.41) is 8.60. The molecule has 170 valence electrons. The molecule has 0 spiro atoms. The molecule has 0 radical (unpaired) electrons. The number of ether oxygens (including phenoxy) is 2. The molecule has 0 N–H and O–H groups in total. The summed E-state index contributed by atoms with van der Waals surface area (Å²) in [4.78, 5) is 0. The van der Waals surface area contributed by atoms with Gasteiger partial charge in [-0.15, -0.1) is 10.2 Å². The van der Waals surface area contributed by atoms with Crippen molar-refractivity contribution < 1.29 is 13.9 Å². The van der Waals surface area contributed by atoms with E-state index >= 15 is 0 Å². The highest BCUT2D eigenvalue weighted by atomic mass is 16.5. The predicted octanol–water partition coefficient (Wildman–Crippen LogP) is 6.95. The smallest absolute Gasteiger partial charge is 0.248 e. The third-order valence-electron chi connectivity index (χ3n) is 5.41. The number of hydrogen-bond donors (Lipinski definition) is 0. The number of aryl methyl sites for hydroxylation is 3. The Kier molecular flexibility index (Phi) is 6.78. The van der Waals surface area contributed by atoms with Crippen LogP contribution in [0.15, 0.2) is 65.1 Å². The summed E-state index contributed by atoms with van der Waals surface area (Å²) < 4.78 is 18.1. The molecule has 0 fully saturated rings. The van der Waals surface area contributed by atoms with Crippen molar-refractivity contribution in [2.45, 2.75) is 53.8 Å². The SMILES string of the molecule is CCc1cc(-c2nnc(-c3ccc(OC(C)C)c(C)c3)o2)cc(C)c1OCc1ccccc1. The summed E-state index contributed by atoms with van der Waals surface area (Å²) in [6.45, 7) is 10.8. The summed E-state index contributed by atoms with van der Waals surface area (Å²) in [5.74, 6) is 2.77. The van der Waals surface area contributed by atoms with Crippen LogP contribution < -0.4 is 9.47 Å². The van der Waals surface area contributed by atoms with Gasteiger partial charge in [-0.25, -0.2) is 0 Å². The second kappa shape index (κ2) is 9.90. The molecular weight excluding hydrogens is 412 g/mol. The van der Waals surface area contributed by atoms with Crippen molar-refractivity contribution in [2.24, 2.45) is 0 Å². The van der Waals surface area contributed by atoms with E-state index in [1.807, 2.05) is 63.2 Å². The van der Waals surface area contributed by atoms with E-state index in [1.54, 1.807) is 0 Å². The van der Waals surface area contributed by atoms with E-state index in [0.29, 0.717) is 18.4 Å².